The molecule has 0 saturated carbocycles. The number of nitrogens with zero attached hydrogens (tertiary/aromatic N) is 2. The summed E-state index contributed by atoms with van der Waals surface area (Å²) < 4.78 is 13.0. The van der Waals surface area contributed by atoms with Gasteiger partial charge in [-0.05, 0) is 64.0 Å². The molecule has 1 saturated heterocycles. The number of carbonyl (C=O) groups excluding carboxylic acids is 2. The van der Waals surface area contributed by atoms with Gasteiger partial charge in [-0.2, -0.15) is 0 Å². The van der Waals surface area contributed by atoms with Gasteiger partial charge in [0.2, 0.25) is 0 Å². The molecular formula is C24H34N2O4. The van der Waals surface area contributed by atoms with Crippen molar-refractivity contribution < 1.29 is 19.1 Å². The minimum atomic E-state index is -0.464. The first kappa shape index (κ1) is 22.2. The highest BCUT2D eigenvalue weighted by atomic mass is 16.6. The van der Waals surface area contributed by atoms with Gasteiger partial charge in [0.1, 0.15) is 5.60 Å². The van der Waals surface area contributed by atoms with Crippen LogP contribution in [0.4, 0.5) is 4.79 Å². The highest BCUT2D eigenvalue weighted by Gasteiger charge is 2.26. The first-order valence-corrected chi connectivity index (χ1v) is 10.9. The molecule has 1 aromatic carbocycles. The highest BCUT2D eigenvalue weighted by molar-refractivity contribution is 5.84. The Bertz CT molecular complexity index is 873. The minimum absolute atomic E-state index is 0.144. The van der Waals surface area contributed by atoms with Crippen LogP contribution in [0, 0.1) is 5.92 Å². The first-order chi connectivity index (χ1) is 14.2. The van der Waals surface area contributed by atoms with Crippen molar-refractivity contribution in [1.29, 1.82) is 0 Å². The minimum Gasteiger partial charge on any atom is -0.466 e. The van der Waals surface area contributed by atoms with E-state index in [-0.39, 0.29) is 12.1 Å². The number of hydrogen-bond acceptors (Lipinski definition) is 4. The summed E-state index contributed by atoms with van der Waals surface area (Å²) in [6.45, 7) is 7.50. The molecule has 1 aromatic heterocycles. The molecule has 1 aliphatic rings. The lowest BCUT2D eigenvalue weighted by Gasteiger charge is -2.33. The molecular weight excluding hydrogens is 380 g/mol. The van der Waals surface area contributed by atoms with Gasteiger partial charge < -0.3 is 18.9 Å². The number of ether oxygens (including phenoxy) is 2. The van der Waals surface area contributed by atoms with E-state index in [1.165, 1.54) is 16.5 Å². The predicted molar refractivity (Wildman–Crippen MR) is 117 cm³/mol. The average Bonchev–Trinajstić information content (AvgIpc) is 3.02. The molecule has 6 nitrogen and oxygen atoms in total. The summed E-state index contributed by atoms with van der Waals surface area (Å²) in [4.78, 5) is 26.1. The van der Waals surface area contributed by atoms with Crippen LogP contribution in [0.1, 0.15) is 52.0 Å². The predicted octanol–water partition coefficient (Wildman–Crippen LogP) is 4.69. The number of hydrogen-bond donors (Lipinski definition) is 0. The summed E-state index contributed by atoms with van der Waals surface area (Å²) in [6.07, 6.45) is 5.64. The normalized spacial score (nSPS) is 15.4. The maximum atomic E-state index is 12.2. The van der Waals surface area contributed by atoms with Gasteiger partial charge in [-0.25, -0.2) is 4.79 Å². The summed E-state index contributed by atoms with van der Waals surface area (Å²) in [5.74, 6) is 0.337. The number of para-hydroxylation sites is 1. The van der Waals surface area contributed by atoms with Gasteiger partial charge in [0.05, 0.1) is 6.61 Å². The van der Waals surface area contributed by atoms with Crippen LogP contribution in [0.25, 0.3) is 10.9 Å². The lowest BCUT2D eigenvalue weighted by molar-refractivity contribution is -0.144. The second-order valence-electron chi connectivity index (χ2n) is 9.20. The van der Waals surface area contributed by atoms with Crippen molar-refractivity contribution in [3.05, 3.63) is 36.0 Å². The van der Waals surface area contributed by atoms with Crippen LogP contribution >= 0.6 is 0 Å². The Morgan fingerprint density at radius 1 is 1.13 bits per heavy atom. The fraction of sp³-hybridized carbons (Fsp3) is 0.583. The van der Waals surface area contributed by atoms with Crippen molar-refractivity contribution in [3.63, 3.8) is 0 Å². The fourth-order valence-corrected chi connectivity index (χ4v) is 4.00. The van der Waals surface area contributed by atoms with Gasteiger partial charge in [0.25, 0.3) is 0 Å². The zero-order valence-electron chi connectivity index (χ0n) is 18.6. The van der Waals surface area contributed by atoms with E-state index < -0.39 is 5.60 Å². The molecule has 1 aliphatic heterocycles. The summed E-state index contributed by atoms with van der Waals surface area (Å²) >= 11 is 0. The standard InChI is InChI=1S/C24H34N2O4/c1-24(2,3)30-23(28)26-14-11-18(12-15-26)13-16-29-22(27)10-9-19-17-25(4)21-8-6-5-7-20(19)21/h5-8,17-18H,9-16H2,1-4H3. The van der Waals surface area contributed by atoms with E-state index in [0.29, 0.717) is 38.5 Å². The van der Waals surface area contributed by atoms with Crippen molar-refractivity contribution >= 4 is 23.0 Å². The van der Waals surface area contributed by atoms with E-state index in [9.17, 15) is 9.59 Å². The lowest BCUT2D eigenvalue weighted by atomic mass is 9.94. The molecule has 0 radical (unpaired) electrons. The number of piperidine rings is 1. The number of benzene rings is 1. The average molecular weight is 415 g/mol. The smallest absolute Gasteiger partial charge is 0.410 e. The highest BCUT2D eigenvalue weighted by Crippen LogP contribution is 2.23. The Morgan fingerprint density at radius 3 is 2.53 bits per heavy atom. The summed E-state index contributed by atoms with van der Waals surface area (Å²) in [6, 6.07) is 8.24. The summed E-state index contributed by atoms with van der Waals surface area (Å²) in [5.41, 5.74) is 1.90. The van der Waals surface area contributed by atoms with Crippen molar-refractivity contribution in [2.75, 3.05) is 19.7 Å². The zero-order chi connectivity index (χ0) is 21.7. The Kier molecular flexibility index (Phi) is 7.06. The third-order valence-corrected chi connectivity index (χ3v) is 5.63. The second kappa shape index (κ2) is 9.54. The number of rotatable bonds is 6. The maximum Gasteiger partial charge on any atom is 0.410 e. The molecule has 0 bridgehead atoms. The quantitative estimate of drug-likeness (QED) is 0.643. The molecule has 0 atom stereocenters. The van der Waals surface area contributed by atoms with Crippen LogP contribution in [-0.2, 0) is 27.7 Å². The number of likely N-dealkylation sites (tertiary alicyclic amines) is 1. The summed E-state index contributed by atoms with van der Waals surface area (Å²) in [7, 11) is 2.03. The van der Waals surface area contributed by atoms with E-state index >= 15 is 0 Å². The van der Waals surface area contributed by atoms with Crippen molar-refractivity contribution in [2.45, 2.75) is 58.5 Å². The van der Waals surface area contributed by atoms with Crippen LogP contribution in [0.5, 0.6) is 0 Å². The van der Waals surface area contributed by atoms with Crippen LogP contribution in [0.2, 0.25) is 0 Å². The monoisotopic (exact) mass is 414 g/mol. The zero-order valence-corrected chi connectivity index (χ0v) is 18.6. The number of aryl methyl sites for hydroxylation is 2. The van der Waals surface area contributed by atoms with Crippen LogP contribution < -0.4 is 0 Å². The largest absolute Gasteiger partial charge is 0.466 e. The van der Waals surface area contributed by atoms with Crippen LogP contribution in [-0.4, -0.2) is 46.8 Å². The molecule has 1 amide bonds. The Hall–Kier alpha value is -2.50. The molecule has 0 unspecified atom stereocenters. The van der Waals surface area contributed by atoms with Crippen molar-refractivity contribution in [1.82, 2.24) is 9.47 Å². The van der Waals surface area contributed by atoms with E-state index in [1.807, 2.05) is 40.0 Å². The molecule has 0 spiro atoms. The molecule has 30 heavy (non-hydrogen) atoms. The van der Waals surface area contributed by atoms with E-state index in [1.54, 1.807) is 4.90 Å². The fourth-order valence-electron chi connectivity index (χ4n) is 4.00. The molecule has 0 aliphatic carbocycles. The van der Waals surface area contributed by atoms with Gasteiger partial charge in [0, 0.05) is 43.7 Å². The Balaban J connectivity index is 1.35. The molecule has 0 N–H and O–H groups in total. The number of amides is 1. The Labute approximate surface area is 179 Å². The molecule has 2 aromatic rings. The molecule has 6 heteroatoms. The molecule has 2 heterocycles. The number of esters is 1. The lowest BCUT2D eigenvalue weighted by Crippen LogP contribution is -2.41. The van der Waals surface area contributed by atoms with Crippen LogP contribution in [0.15, 0.2) is 30.5 Å². The summed E-state index contributed by atoms with van der Waals surface area (Å²) in [5, 5.41) is 1.20. The molecule has 3 rings (SSSR count). The van der Waals surface area contributed by atoms with Gasteiger partial charge in [0.15, 0.2) is 0 Å². The van der Waals surface area contributed by atoms with E-state index in [0.717, 1.165) is 19.3 Å². The third-order valence-electron chi connectivity index (χ3n) is 5.63. The SMILES string of the molecule is Cn1cc(CCC(=O)OCCC2CCN(C(=O)OC(C)(C)C)CC2)c2ccccc21. The second-order valence-corrected chi connectivity index (χ2v) is 9.20. The molecule has 1 fully saturated rings. The Morgan fingerprint density at radius 2 is 1.83 bits per heavy atom. The van der Waals surface area contributed by atoms with Crippen LogP contribution in [0.3, 0.4) is 0 Å². The number of fused-ring (bicyclic) bond motifs is 1. The van der Waals surface area contributed by atoms with Crippen molar-refractivity contribution in [3.8, 4) is 0 Å². The topological polar surface area (TPSA) is 60.8 Å². The number of carbonyl (C=O) groups is 2. The maximum absolute atomic E-state index is 12.2. The molecule has 164 valence electrons. The third kappa shape index (κ3) is 6.00. The first-order valence-electron chi connectivity index (χ1n) is 10.9. The van der Waals surface area contributed by atoms with E-state index in [4.69, 9.17) is 9.47 Å². The van der Waals surface area contributed by atoms with Gasteiger partial charge >= 0.3 is 12.1 Å². The van der Waals surface area contributed by atoms with Gasteiger partial charge in [-0.15, -0.1) is 0 Å². The van der Waals surface area contributed by atoms with Crippen molar-refractivity contribution in [2.24, 2.45) is 13.0 Å². The number of aromatic nitrogens is 1. The van der Waals surface area contributed by atoms with E-state index in [2.05, 4.69) is 22.9 Å². The van der Waals surface area contributed by atoms with Gasteiger partial charge in [-0.3, -0.25) is 4.79 Å². The van der Waals surface area contributed by atoms with Gasteiger partial charge in [-0.1, -0.05) is 18.2 Å².